The second-order valence-corrected chi connectivity index (χ2v) is 9.84. The molecular formula is C22H21F4N3O4S. The highest BCUT2D eigenvalue weighted by molar-refractivity contribution is 7.89. The molecule has 0 N–H and O–H groups in total. The lowest BCUT2D eigenvalue weighted by molar-refractivity contribution is -0.274. The Morgan fingerprint density at radius 1 is 1.09 bits per heavy atom. The Kier molecular flexibility index (Phi) is 6.54. The number of imidazole rings is 1. The van der Waals surface area contributed by atoms with Gasteiger partial charge in [0, 0.05) is 44.2 Å². The highest BCUT2D eigenvalue weighted by Crippen LogP contribution is 2.36. The van der Waals surface area contributed by atoms with Crippen molar-refractivity contribution in [3.05, 3.63) is 72.4 Å². The van der Waals surface area contributed by atoms with E-state index < -0.39 is 28.0 Å². The molecule has 7 nitrogen and oxygen atoms in total. The van der Waals surface area contributed by atoms with Crippen LogP contribution in [0.15, 0.2) is 66.1 Å². The van der Waals surface area contributed by atoms with Crippen LogP contribution in [-0.2, 0) is 17.1 Å². The van der Waals surface area contributed by atoms with Crippen LogP contribution in [0.3, 0.4) is 0 Å². The summed E-state index contributed by atoms with van der Waals surface area (Å²) in [5, 5.41) is -0.0913. The molecule has 3 aromatic rings. The molecule has 1 saturated heterocycles. The van der Waals surface area contributed by atoms with Crippen molar-refractivity contribution in [2.24, 2.45) is 13.0 Å². The van der Waals surface area contributed by atoms with Gasteiger partial charge in [-0.1, -0.05) is 18.2 Å². The van der Waals surface area contributed by atoms with E-state index in [1.807, 2.05) is 0 Å². The van der Waals surface area contributed by atoms with Gasteiger partial charge in [-0.15, -0.1) is 13.2 Å². The number of sulfonamides is 1. The normalized spacial score (nSPS) is 19.3. The molecule has 2 atom stereocenters. The third-order valence-electron chi connectivity index (χ3n) is 5.49. The van der Waals surface area contributed by atoms with Crippen LogP contribution in [0.2, 0.25) is 0 Å². The fourth-order valence-electron chi connectivity index (χ4n) is 3.90. The van der Waals surface area contributed by atoms with Gasteiger partial charge in [-0.25, -0.2) is 17.8 Å². The van der Waals surface area contributed by atoms with Gasteiger partial charge in [-0.2, -0.15) is 4.31 Å². The average molecular weight is 499 g/mol. The van der Waals surface area contributed by atoms with E-state index in [4.69, 9.17) is 4.74 Å². The molecule has 1 aliphatic rings. The topological polar surface area (TPSA) is 73.7 Å². The van der Waals surface area contributed by atoms with Crippen molar-refractivity contribution in [1.29, 1.82) is 0 Å². The van der Waals surface area contributed by atoms with Crippen molar-refractivity contribution in [2.75, 3.05) is 19.7 Å². The fraction of sp³-hybridized carbons (Fsp3) is 0.318. The molecular weight excluding hydrogens is 478 g/mol. The zero-order valence-corrected chi connectivity index (χ0v) is 18.8. The van der Waals surface area contributed by atoms with E-state index >= 15 is 0 Å². The first-order valence-electron chi connectivity index (χ1n) is 10.2. The second kappa shape index (κ2) is 9.26. The number of ether oxygens (including phenoxy) is 2. The van der Waals surface area contributed by atoms with Crippen LogP contribution in [0.5, 0.6) is 11.5 Å². The van der Waals surface area contributed by atoms with Crippen LogP contribution >= 0.6 is 0 Å². The number of nitrogens with zero attached hydrogens (tertiary/aromatic N) is 3. The fourth-order valence-corrected chi connectivity index (χ4v) is 5.39. The minimum Gasteiger partial charge on any atom is -0.493 e. The number of aryl methyl sites for hydroxylation is 1. The predicted octanol–water partition coefficient (Wildman–Crippen LogP) is 3.94. The molecule has 1 aliphatic heterocycles. The van der Waals surface area contributed by atoms with Crippen LogP contribution in [-0.4, -0.2) is 48.3 Å². The first-order valence-corrected chi connectivity index (χ1v) is 11.7. The summed E-state index contributed by atoms with van der Waals surface area (Å²) in [7, 11) is -2.23. The maximum absolute atomic E-state index is 13.5. The number of benzene rings is 2. The van der Waals surface area contributed by atoms with Crippen LogP contribution < -0.4 is 9.47 Å². The third-order valence-corrected chi connectivity index (χ3v) is 7.21. The molecule has 0 radical (unpaired) electrons. The van der Waals surface area contributed by atoms with Crippen molar-refractivity contribution in [3.8, 4) is 11.5 Å². The van der Waals surface area contributed by atoms with Crippen molar-refractivity contribution < 1.29 is 35.5 Å². The van der Waals surface area contributed by atoms with E-state index in [1.54, 1.807) is 19.2 Å². The average Bonchev–Trinajstić information content (AvgIpc) is 3.39. The molecule has 2 heterocycles. The highest BCUT2D eigenvalue weighted by Gasteiger charge is 2.41. The summed E-state index contributed by atoms with van der Waals surface area (Å²) in [6.07, 6.45) is -2.05. The summed E-state index contributed by atoms with van der Waals surface area (Å²) in [5.74, 6) is -1.38. The van der Waals surface area contributed by atoms with E-state index in [9.17, 15) is 26.0 Å². The van der Waals surface area contributed by atoms with Gasteiger partial charge in [0.2, 0.25) is 0 Å². The number of rotatable bonds is 7. The maximum Gasteiger partial charge on any atom is 0.573 e. The Morgan fingerprint density at radius 3 is 2.44 bits per heavy atom. The van der Waals surface area contributed by atoms with Gasteiger partial charge in [0.05, 0.1) is 12.9 Å². The van der Waals surface area contributed by atoms with E-state index in [0.29, 0.717) is 0 Å². The van der Waals surface area contributed by atoms with Crippen LogP contribution in [0, 0.1) is 11.7 Å². The Balaban J connectivity index is 1.55. The number of hydrogen-bond donors (Lipinski definition) is 0. The summed E-state index contributed by atoms with van der Waals surface area (Å²) < 4.78 is 89.6. The van der Waals surface area contributed by atoms with Crippen LogP contribution in [0.4, 0.5) is 17.6 Å². The number of alkyl halides is 3. The molecule has 4 rings (SSSR count). The molecule has 1 fully saturated rings. The van der Waals surface area contributed by atoms with Gasteiger partial charge >= 0.3 is 6.36 Å². The molecule has 12 heteroatoms. The van der Waals surface area contributed by atoms with E-state index in [2.05, 4.69) is 9.72 Å². The minimum atomic E-state index is -4.84. The zero-order chi connectivity index (χ0) is 24.5. The number of aromatic nitrogens is 2. The summed E-state index contributed by atoms with van der Waals surface area (Å²) in [5.41, 5.74) is 0.725. The quantitative estimate of drug-likeness (QED) is 0.461. The van der Waals surface area contributed by atoms with Crippen LogP contribution in [0.25, 0.3) is 0 Å². The standard InChI is InChI=1S/C22H21F4N3O4S/c1-28-12-21(27-14-28)34(30,31)29-10-16(20(11-29)15-5-7-17(23)8-6-15)13-32-18-3-2-4-19(9-18)33-22(24,25)26/h2-9,12,14,16,20H,10-11,13H2,1H3/t16-,20-/m1/s1. The maximum atomic E-state index is 13.5. The first kappa shape index (κ1) is 24.0. The lowest BCUT2D eigenvalue weighted by atomic mass is 9.89. The SMILES string of the molecule is Cn1cnc(S(=O)(=O)N2C[C@H](COc3cccc(OC(F)(F)F)c3)[C@@H](c3ccc(F)cc3)C2)c1. The van der Waals surface area contributed by atoms with Crippen molar-refractivity contribution >= 4 is 10.0 Å². The van der Waals surface area contributed by atoms with Crippen molar-refractivity contribution in [1.82, 2.24) is 13.9 Å². The summed E-state index contributed by atoms with van der Waals surface area (Å²) >= 11 is 0. The minimum absolute atomic E-state index is 0.0196. The molecule has 0 spiro atoms. The van der Waals surface area contributed by atoms with E-state index in [-0.39, 0.29) is 42.3 Å². The first-order chi connectivity index (χ1) is 16.0. The number of halogens is 4. The van der Waals surface area contributed by atoms with E-state index in [1.165, 1.54) is 45.7 Å². The smallest absolute Gasteiger partial charge is 0.493 e. The highest BCUT2D eigenvalue weighted by atomic mass is 32.2. The summed E-state index contributed by atoms with van der Waals surface area (Å²) in [6, 6.07) is 10.9. The van der Waals surface area contributed by atoms with Crippen LogP contribution in [0.1, 0.15) is 11.5 Å². The predicted molar refractivity (Wildman–Crippen MR) is 113 cm³/mol. The van der Waals surface area contributed by atoms with Gasteiger partial charge in [-0.3, -0.25) is 0 Å². The zero-order valence-electron chi connectivity index (χ0n) is 17.9. The molecule has 0 saturated carbocycles. The van der Waals surface area contributed by atoms with Gasteiger partial charge in [-0.05, 0) is 29.8 Å². The largest absolute Gasteiger partial charge is 0.573 e. The lowest BCUT2D eigenvalue weighted by Gasteiger charge is -2.19. The molecule has 0 aliphatic carbocycles. The molecule has 2 aromatic carbocycles. The molecule has 34 heavy (non-hydrogen) atoms. The molecule has 0 unspecified atom stereocenters. The Hall–Kier alpha value is -3.12. The van der Waals surface area contributed by atoms with Gasteiger partial charge in [0.25, 0.3) is 10.0 Å². The van der Waals surface area contributed by atoms with Gasteiger partial charge in [0.1, 0.15) is 17.3 Å². The van der Waals surface area contributed by atoms with Gasteiger partial charge in [0.15, 0.2) is 5.03 Å². The molecule has 1 aromatic heterocycles. The Bertz CT molecular complexity index is 1250. The lowest BCUT2D eigenvalue weighted by Crippen LogP contribution is -2.30. The molecule has 0 bridgehead atoms. The van der Waals surface area contributed by atoms with E-state index in [0.717, 1.165) is 17.7 Å². The van der Waals surface area contributed by atoms with Gasteiger partial charge < -0.3 is 14.0 Å². The Morgan fingerprint density at radius 2 is 1.79 bits per heavy atom. The third kappa shape index (κ3) is 5.50. The molecule has 182 valence electrons. The Labute approximate surface area is 193 Å². The summed E-state index contributed by atoms with van der Waals surface area (Å²) in [6.45, 7) is 0.237. The van der Waals surface area contributed by atoms with Crippen molar-refractivity contribution in [3.63, 3.8) is 0 Å². The second-order valence-electron chi connectivity index (χ2n) is 7.95. The molecule has 0 amide bonds. The van der Waals surface area contributed by atoms with Crippen molar-refractivity contribution in [2.45, 2.75) is 17.3 Å². The summed E-state index contributed by atoms with van der Waals surface area (Å²) in [4.78, 5) is 3.95. The monoisotopic (exact) mass is 499 g/mol. The number of hydrogen-bond acceptors (Lipinski definition) is 5.